The van der Waals surface area contributed by atoms with E-state index in [9.17, 15) is 9.90 Å². The summed E-state index contributed by atoms with van der Waals surface area (Å²) < 4.78 is 10.4. The van der Waals surface area contributed by atoms with E-state index in [4.69, 9.17) is 14.6 Å². The molecule has 3 atom stereocenters. The van der Waals surface area contributed by atoms with E-state index in [1.807, 2.05) is 0 Å². The highest BCUT2D eigenvalue weighted by Crippen LogP contribution is 2.33. The van der Waals surface area contributed by atoms with Gasteiger partial charge in [0.2, 0.25) is 0 Å². The second-order valence-corrected chi connectivity index (χ2v) is 4.69. The Labute approximate surface area is 123 Å². The second-order valence-electron chi connectivity index (χ2n) is 4.69. The van der Waals surface area contributed by atoms with E-state index in [-0.39, 0.29) is 12.5 Å². The Balaban J connectivity index is 2.20. The smallest absolute Gasteiger partial charge is 0.258 e. The molecule has 1 aliphatic heterocycles. The fourth-order valence-electron chi connectivity index (χ4n) is 2.35. The lowest BCUT2D eigenvalue weighted by molar-refractivity contribution is -0.147. The first kappa shape index (κ1) is 15.5. The number of β-lactam (4-membered cyclic amide) rings is 1. The fourth-order valence-corrected chi connectivity index (χ4v) is 2.35. The lowest BCUT2D eigenvalue weighted by atomic mass is 9.91. The van der Waals surface area contributed by atoms with Crippen molar-refractivity contribution in [3.63, 3.8) is 0 Å². The number of rotatable bonds is 7. The first-order valence-electron chi connectivity index (χ1n) is 6.62. The van der Waals surface area contributed by atoms with Gasteiger partial charge in [0.25, 0.3) is 5.91 Å². The molecule has 0 aliphatic carbocycles. The number of hydrogen-bond donors (Lipinski definition) is 2. The first-order chi connectivity index (χ1) is 10.1. The summed E-state index contributed by atoms with van der Waals surface area (Å²) in [5.41, 5.74) is 0.622. The van der Waals surface area contributed by atoms with Crippen molar-refractivity contribution in [2.75, 3.05) is 25.2 Å². The molecule has 1 aromatic carbocycles. The van der Waals surface area contributed by atoms with E-state index in [2.05, 4.69) is 6.58 Å². The summed E-state index contributed by atoms with van der Waals surface area (Å²) in [6.45, 7) is 3.29. The van der Waals surface area contributed by atoms with E-state index < -0.39 is 24.9 Å². The standard InChI is InChI=1S/C15H19NO5/c1-3-8-21-14-13(12(18)9-17)16(15(14)19)10-4-6-11(20-2)7-5-10/h3-7,12-14,17-18H,1,8-9H2,2H3/t12-,13+,14-/m1/s1. The maximum atomic E-state index is 12.2. The summed E-state index contributed by atoms with van der Waals surface area (Å²) >= 11 is 0. The van der Waals surface area contributed by atoms with Gasteiger partial charge in [0, 0.05) is 5.69 Å². The predicted octanol–water partition coefficient (Wildman–Crippen LogP) is 0.335. The number of hydrogen-bond acceptors (Lipinski definition) is 5. The normalized spacial score (nSPS) is 22.6. The predicted molar refractivity (Wildman–Crippen MR) is 77.3 cm³/mol. The van der Waals surface area contributed by atoms with Crippen molar-refractivity contribution in [2.45, 2.75) is 18.2 Å². The molecule has 114 valence electrons. The lowest BCUT2D eigenvalue weighted by Gasteiger charge is -2.48. The monoisotopic (exact) mass is 293 g/mol. The highest BCUT2D eigenvalue weighted by molar-refractivity contribution is 6.05. The molecule has 2 rings (SSSR count). The van der Waals surface area contributed by atoms with Crippen LogP contribution in [0, 0.1) is 0 Å². The van der Waals surface area contributed by atoms with Crippen LogP contribution in [0.4, 0.5) is 5.69 Å². The van der Waals surface area contributed by atoms with E-state index in [1.165, 1.54) is 11.0 Å². The molecule has 0 bridgehead atoms. The van der Waals surface area contributed by atoms with Gasteiger partial charge in [0.1, 0.15) is 17.9 Å². The van der Waals surface area contributed by atoms with Crippen molar-refractivity contribution in [3.05, 3.63) is 36.9 Å². The molecule has 0 saturated carbocycles. The van der Waals surface area contributed by atoms with Crippen molar-refractivity contribution in [2.24, 2.45) is 0 Å². The Morgan fingerprint density at radius 1 is 1.43 bits per heavy atom. The Bertz CT molecular complexity index is 501. The highest BCUT2D eigenvalue weighted by atomic mass is 16.5. The van der Waals surface area contributed by atoms with Crippen molar-refractivity contribution >= 4 is 11.6 Å². The van der Waals surface area contributed by atoms with E-state index >= 15 is 0 Å². The SMILES string of the molecule is C=CCO[C@H]1C(=O)N(c2ccc(OC)cc2)[C@H]1[C@H](O)CO. The van der Waals surface area contributed by atoms with Crippen LogP contribution >= 0.6 is 0 Å². The van der Waals surface area contributed by atoms with E-state index in [0.29, 0.717) is 11.4 Å². The molecule has 0 unspecified atom stereocenters. The van der Waals surface area contributed by atoms with Gasteiger partial charge in [-0.05, 0) is 24.3 Å². The van der Waals surface area contributed by atoms with Crippen molar-refractivity contribution in [1.82, 2.24) is 0 Å². The number of carbonyl (C=O) groups excluding carboxylic acids is 1. The Morgan fingerprint density at radius 3 is 2.62 bits per heavy atom. The molecule has 2 N–H and O–H groups in total. The molecule has 6 heteroatoms. The van der Waals surface area contributed by atoms with Crippen molar-refractivity contribution < 1.29 is 24.5 Å². The average molecular weight is 293 g/mol. The summed E-state index contributed by atoms with van der Waals surface area (Å²) in [4.78, 5) is 13.6. The fraction of sp³-hybridized carbons (Fsp3) is 0.400. The number of benzene rings is 1. The summed E-state index contributed by atoms with van der Waals surface area (Å²) in [6.07, 6.45) is -0.307. The molecule has 1 heterocycles. The zero-order valence-electron chi connectivity index (χ0n) is 11.8. The van der Waals surface area contributed by atoms with Crippen LogP contribution in [0.3, 0.4) is 0 Å². The van der Waals surface area contributed by atoms with Gasteiger partial charge in [-0.3, -0.25) is 4.79 Å². The third-order valence-electron chi connectivity index (χ3n) is 3.41. The quantitative estimate of drug-likeness (QED) is 0.559. The van der Waals surface area contributed by atoms with E-state index in [1.54, 1.807) is 31.4 Å². The Hall–Kier alpha value is -1.89. The summed E-state index contributed by atoms with van der Waals surface area (Å²) in [5, 5.41) is 19.1. The Morgan fingerprint density at radius 2 is 2.10 bits per heavy atom. The average Bonchev–Trinajstić information content (AvgIpc) is 2.52. The summed E-state index contributed by atoms with van der Waals surface area (Å²) in [6, 6.07) is 6.27. The topological polar surface area (TPSA) is 79.2 Å². The zero-order valence-corrected chi connectivity index (χ0v) is 11.8. The number of aliphatic hydroxyl groups is 2. The number of methoxy groups -OCH3 is 1. The minimum Gasteiger partial charge on any atom is -0.497 e. The van der Waals surface area contributed by atoms with Gasteiger partial charge in [-0.25, -0.2) is 0 Å². The van der Waals surface area contributed by atoms with Gasteiger partial charge in [-0.15, -0.1) is 6.58 Å². The van der Waals surface area contributed by atoms with Gasteiger partial charge in [0.05, 0.1) is 20.3 Å². The largest absolute Gasteiger partial charge is 0.497 e. The molecule has 1 saturated heterocycles. The van der Waals surface area contributed by atoms with Crippen LogP contribution in [0.25, 0.3) is 0 Å². The maximum Gasteiger partial charge on any atom is 0.258 e. The zero-order chi connectivity index (χ0) is 15.4. The minimum absolute atomic E-state index is 0.210. The van der Waals surface area contributed by atoms with Crippen LogP contribution in [0.2, 0.25) is 0 Å². The highest BCUT2D eigenvalue weighted by Gasteiger charge is 2.52. The molecule has 1 aliphatic rings. The van der Waals surface area contributed by atoms with Crippen LogP contribution < -0.4 is 9.64 Å². The first-order valence-corrected chi connectivity index (χ1v) is 6.62. The van der Waals surface area contributed by atoms with Gasteiger partial charge in [-0.2, -0.15) is 0 Å². The number of amides is 1. The molecule has 0 spiro atoms. The van der Waals surface area contributed by atoms with E-state index in [0.717, 1.165) is 0 Å². The van der Waals surface area contributed by atoms with Gasteiger partial charge >= 0.3 is 0 Å². The molecule has 1 fully saturated rings. The number of anilines is 1. The molecule has 0 radical (unpaired) electrons. The molecular weight excluding hydrogens is 274 g/mol. The third kappa shape index (κ3) is 2.92. The number of aliphatic hydroxyl groups excluding tert-OH is 2. The van der Waals surface area contributed by atoms with Gasteiger partial charge in [-0.1, -0.05) is 6.08 Å². The van der Waals surface area contributed by atoms with Crippen molar-refractivity contribution in [1.29, 1.82) is 0 Å². The third-order valence-corrected chi connectivity index (χ3v) is 3.41. The number of ether oxygens (including phenoxy) is 2. The molecule has 21 heavy (non-hydrogen) atoms. The minimum atomic E-state index is -1.07. The van der Waals surface area contributed by atoms with Crippen LogP contribution in [0.1, 0.15) is 0 Å². The van der Waals surface area contributed by atoms with Crippen LogP contribution in [-0.2, 0) is 9.53 Å². The molecular formula is C15H19NO5. The molecule has 1 amide bonds. The maximum absolute atomic E-state index is 12.2. The van der Waals surface area contributed by atoms with Crippen LogP contribution in [0.5, 0.6) is 5.75 Å². The van der Waals surface area contributed by atoms with Gasteiger partial charge in [0.15, 0.2) is 6.10 Å². The summed E-state index contributed by atoms with van der Waals surface area (Å²) in [5.74, 6) is 0.421. The van der Waals surface area contributed by atoms with Gasteiger partial charge < -0.3 is 24.6 Å². The summed E-state index contributed by atoms with van der Waals surface area (Å²) in [7, 11) is 1.56. The number of nitrogens with zero attached hydrogens (tertiary/aromatic N) is 1. The van der Waals surface area contributed by atoms with Crippen LogP contribution in [0.15, 0.2) is 36.9 Å². The second kappa shape index (κ2) is 6.71. The molecule has 0 aromatic heterocycles. The van der Waals surface area contributed by atoms with Crippen molar-refractivity contribution in [3.8, 4) is 5.75 Å². The number of carbonyl (C=O) groups is 1. The Kier molecular flexibility index (Phi) is 4.95. The molecule has 6 nitrogen and oxygen atoms in total. The lowest BCUT2D eigenvalue weighted by Crippen LogP contribution is -2.71. The molecule has 1 aromatic rings. The van der Waals surface area contributed by atoms with Crippen LogP contribution in [-0.4, -0.2) is 54.7 Å².